The number of amides is 2. The van der Waals surface area contributed by atoms with Gasteiger partial charge in [0, 0.05) is 16.6 Å². The van der Waals surface area contributed by atoms with E-state index in [1.807, 2.05) is 0 Å². The van der Waals surface area contributed by atoms with E-state index in [9.17, 15) is 14.4 Å². The average Bonchev–Trinajstić information content (AvgIpc) is 2.71. The number of thioether (sulfide) groups is 1. The largest absolute Gasteiger partial charge is 0.486 e. The zero-order valence-electron chi connectivity index (χ0n) is 14.7. The van der Waals surface area contributed by atoms with Crippen molar-refractivity contribution in [3.8, 4) is 11.5 Å². The van der Waals surface area contributed by atoms with E-state index < -0.39 is 18.5 Å². The molecule has 2 aliphatic heterocycles. The Kier molecular flexibility index (Phi) is 5.07. The second-order valence-electron chi connectivity index (χ2n) is 6.03. The third-order valence-corrected chi connectivity index (χ3v) is 5.08. The first-order chi connectivity index (χ1) is 13.6. The van der Waals surface area contributed by atoms with E-state index >= 15 is 0 Å². The molecule has 2 aromatic rings. The fourth-order valence-electron chi connectivity index (χ4n) is 2.74. The molecule has 0 saturated carbocycles. The van der Waals surface area contributed by atoms with Gasteiger partial charge in [-0.2, -0.15) is 0 Å². The minimum absolute atomic E-state index is 0.123. The SMILES string of the molecule is O=C(COC(=O)c1ccc2c(c1)NC(=O)CS2)Nc1ccc2c(c1)OCCO2. The molecule has 0 spiro atoms. The Bertz CT molecular complexity index is 961. The molecule has 0 bridgehead atoms. The van der Waals surface area contributed by atoms with Crippen molar-refractivity contribution in [1.82, 2.24) is 0 Å². The molecule has 9 heteroatoms. The van der Waals surface area contributed by atoms with E-state index in [1.54, 1.807) is 36.4 Å². The second-order valence-corrected chi connectivity index (χ2v) is 7.05. The topological polar surface area (TPSA) is 103 Å². The zero-order valence-corrected chi connectivity index (χ0v) is 15.5. The van der Waals surface area contributed by atoms with Crippen LogP contribution in [0.5, 0.6) is 11.5 Å². The molecule has 0 atom stereocenters. The number of carbonyl (C=O) groups excluding carboxylic acids is 3. The van der Waals surface area contributed by atoms with Crippen LogP contribution >= 0.6 is 11.8 Å². The molecule has 144 valence electrons. The lowest BCUT2D eigenvalue weighted by atomic mass is 10.2. The van der Waals surface area contributed by atoms with Gasteiger partial charge in [0.15, 0.2) is 18.1 Å². The van der Waals surface area contributed by atoms with Crippen molar-refractivity contribution in [3.05, 3.63) is 42.0 Å². The molecule has 2 N–H and O–H groups in total. The highest BCUT2D eigenvalue weighted by Crippen LogP contribution is 2.33. The van der Waals surface area contributed by atoms with Crippen LogP contribution in [-0.2, 0) is 14.3 Å². The predicted octanol–water partition coefficient (Wildman–Crippen LogP) is 2.30. The van der Waals surface area contributed by atoms with Crippen LogP contribution in [0.4, 0.5) is 11.4 Å². The monoisotopic (exact) mass is 400 g/mol. The van der Waals surface area contributed by atoms with Crippen molar-refractivity contribution in [2.24, 2.45) is 0 Å². The summed E-state index contributed by atoms with van der Waals surface area (Å²) in [6.45, 7) is 0.493. The normalized spacial score (nSPS) is 14.5. The summed E-state index contributed by atoms with van der Waals surface area (Å²) in [4.78, 5) is 36.6. The van der Waals surface area contributed by atoms with Gasteiger partial charge in [0.2, 0.25) is 5.91 Å². The summed E-state index contributed by atoms with van der Waals surface area (Å²) in [5.74, 6) is 0.263. The van der Waals surface area contributed by atoms with Gasteiger partial charge >= 0.3 is 5.97 Å². The van der Waals surface area contributed by atoms with Crippen LogP contribution in [0.3, 0.4) is 0 Å². The lowest BCUT2D eigenvalue weighted by Gasteiger charge is -2.19. The van der Waals surface area contributed by atoms with Crippen LogP contribution < -0.4 is 20.1 Å². The molecular weight excluding hydrogens is 384 g/mol. The zero-order chi connectivity index (χ0) is 19.5. The third kappa shape index (κ3) is 4.04. The predicted molar refractivity (Wildman–Crippen MR) is 102 cm³/mol. The molecule has 28 heavy (non-hydrogen) atoms. The van der Waals surface area contributed by atoms with Gasteiger partial charge < -0.3 is 24.8 Å². The van der Waals surface area contributed by atoms with Gasteiger partial charge in [-0.05, 0) is 30.3 Å². The lowest BCUT2D eigenvalue weighted by Crippen LogP contribution is -2.22. The standard InChI is InChI=1S/C19H16N2O6S/c22-17(20-12-2-3-14-15(8-12)26-6-5-25-14)9-27-19(24)11-1-4-16-13(7-11)21-18(23)10-28-16/h1-4,7-8H,5-6,9-10H2,(H,20,22)(H,21,23). The highest BCUT2D eigenvalue weighted by molar-refractivity contribution is 8.00. The number of hydrogen-bond acceptors (Lipinski definition) is 7. The summed E-state index contributed by atoms with van der Waals surface area (Å²) >= 11 is 1.40. The first kappa shape index (κ1) is 18.2. The number of ether oxygens (including phenoxy) is 3. The second kappa shape index (κ2) is 7.81. The smallest absolute Gasteiger partial charge is 0.338 e. The van der Waals surface area contributed by atoms with E-state index in [0.717, 1.165) is 4.90 Å². The van der Waals surface area contributed by atoms with Crippen LogP contribution in [0.2, 0.25) is 0 Å². The molecule has 0 saturated heterocycles. The number of nitrogens with one attached hydrogen (secondary N) is 2. The number of rotatable bonds is 4. The summed E-state index contributed by atoms with van der Waals surface area (Å²) in [5, 5.41) is 5.35. The maximum Gasteiger partial charge on any atom is 0.338 e. The van der Waals surface area contributed by atoms with Gasteiger partial charge in [0.1, 0.15) is 13.2 Å². The Labute approximate surface area is 164 Å². The molecule has 2 amide bonds. The van der Waals surface area contributed by atoms with Crippen LogP contribution in [0, 0.1) is 0 Å². The van der Waals surface area contributed by atoms with Gasteiger partial charge in [-0.15, -0.1) is 11.8 Å². The van der Waals surface area contributed by atoms with Crippen molar-refractivity contribution in [2.75, 3.05) is 36.2 Å². The molecule has 8 nitrogen and oxygen atoms in total. The molecule has 4 rings (SSSR count). The Hall–Kier alpha value is -3.20. The Morgan fingerprint density at radius 1 is 1.11 bits per heavy atom. The van der Waals surface area contributed by atoms with Crippen LogP contribution in [-0.4, -0.2) is 43.4 Å². The van der Waals surface area contributed by atoms with E-state index in [4.69, 9.17) is 14.2 Å². The molecule has 0 fully saturated rings. The molecular formula is C19H16N2O6S. The maximum absolute atomic E-state index is 12.2. The summed E-state index contributed by atoms with van der Waals surface area (Å²) in [7, 11) is 0. The van der Waals surface area contributed by atoms with E-state index in [2.05, 4.69) is 10.6 Å². The molecule has 0 unspecified atom stereocenters. The van der Waals surface area contributed by atoms with Crippen molar-refractivity contribution in [3.63, 3.8) is 0 Å². The van der Waals surface area contributed by atoms with Crippen molar-refractivity contribution in [2.45, 2.75) is 4.90 Å². The lowest BCUT2D eigenvalue weighted by molar-refractivity contribution is -0.119. The molecule has 2 aliphatic rings. The summed E-state index contributed by atoms with van der Waals surface area (Å²) < 4.78 is 16.0. The highest BCUT2D eigenvalue weighted by atomic mass is 32.2. The van der Waals surface area contributed by atoms with E-state index in [0.29, 0.717) is 41.8 Å². The molecule has 0 radical (unpaired) electrons. The summed E-state index contributed by atoms with van der Waals surface area (Å²) in [6, 6.07) is 9.92. The number of hydrogen-bond donors (Lipinski definition) is 2. The van der Waals surface area contributed by atoms with Crippen molar-refractivity contribution >= 4 is 40.9 Å². The first-order valence-electron chi connectivity index (χ1n) is 8.52. The molecule has 2 heterocycles. The van der Waals surface area contributed by atoms with E-state index in [-0.39, 0.29) is 11.5 Å². The van der Waals surface area contributed by atoms with Crippen LogP contribution in [0.1, 0.15) is 10.4 Å². The van der Waals surface area contributed by atoms with Gasteiger partial charge in [-0.1, -0.05) is 0 Å². The van der Waals surface area contributed by atoms with Crippen molar-refractivity contribution < 1.29 is 28.6 Å². The summed E-state index contributed by atoms with van der Waals surface area (Å²) in [6.07, 6.45) is 0. The average molecular weight is 400 g/mol. The van der Waals surface area contributed by atoms with Gasteiger partial charge in [-0.3, -0.25) is 9.59 Å². The number of benzene rings is 2. The maximum atomic E-state index is 12.2. The molecule has 0 aliphatic carbocycles. The minimum Gasteiger partial charge on any atom is -0.486 e. The summed E-state index contributed by atoms with van der Waals surface area (Å²) in [5.41, 5.74) is 1.34. The highest BCUT2D eigenvalue weighted by Gasteiger charge is 2.19. The van der Waals surface area contributed by atoms with Gasteiger partial charge in [0.25, 0.3) is 5.91 Å². The first-order valence-corrected chi connectivity index (χ1v) is 9.50. The minimum atomic E-state index is -0.648. The van der Waals surface area contributed by atoms with Crippen molar-refractivity contribution in [1.29, 1.82) is 0 Å². The Morgan fingerprint density at radius 2 is 1.93 bits per heavy atom. The van der Waals surface area contributed by atoms with E-state index in [1.165, 1.54) is 11.8 Å². The number of anilines is 2. The number of fused-ring (bicyclic) bond motifs is 2. The fourth-order valence-corrected chi connectivity index (χ4v) is 3.53. The van der Waals surface area contributed by atoms with Gasteiger partial charge in [0.05, 0.1) is 17.0 Å². The Morgan fingerprint density at radius 3 is 2.79 bits per heavy atom. The fraction of sp³-hybridized carbons (Fsp3) is 0.211. The van der Waals surface area contributed by atoms with Crippen LogP contribution in [0.25, 0.3) is 0 Å². The molecule has 2 aromatic carbocycles. The van der Waals surface area contributed by atoms with Crippen LogP contribution in [0.15, 0.2) is 41.3 Å². The number of carbonyl (C=O) groups is 3. The Balaban J connectivity index is 1.34. The van der Waals surface area contributed by atoms with Gasteiger partial charge in [-0.25, -0.2) is 4.79 Å². The quantitative estimate of drug-likeness (QED) is 0.759. The number of esters is 1. The third-order valence-electron chi connectivity index (χ3n) is 4.01. The molecule has 0 aromatic heterocycles.